The number of carboxylic acids is 2. The van der Waals surface area contributed by atoms with E-state index < -0.39 is 24.1 Å². The molecule has 2 fully saturated rings. The van der Waals surface area contributed by atoms with Gasteiger partial charge in [0.05, 0.1) is 12.7 Å². The van der Waals surface area contributed by atoms with Gasteiger partial charge in [-0.25, -0.2) is 14.0 Å². The predicted octanol–water partition coefficient (Wildman–Crippen LogP) is 0.410. The largest absolute Gasteiger partial charge is 0.479 e. The van der Waals surface area contributed by atoms with Gasteiger partial charge in [-0.1, -0.05) is 12.1 Å². The molecule has 33 heavy (non-hydrogen) atoms. The first kappa shape index (κ1) is 27.1. The van der Waals surface area contributed by atoms with Crippen LogP contribution in [0.2, 0.25) is 0 Å². The molecule has 11 heteroatoms. The molecule has 1 aromatic rings. The molecule has 2 aliphatic rings. The second-order valence-corrected chi connectivity index (χ2v) is 8.08. The van der Waals surface area contributed by atoms with Gasteiger partial charge in [-0.3, -0.25) is 0 Å². The fourth-order valence-corrected chi connectivity index (χ4v) is 3.55. The van der Waals surface area contributed by atoms with E-state index in [9.17, 15) is 14.0 Å². The van der Waals surface area contributed by atoms with Crippen molar-refractivity contribution in [2.45, 2.75) is 56.6 Å². The van der Waals surface area contributed by atoms with Crippen molar-refractivity contribution in [1.82, 2.24) is 10.2 Å². The van der Waals surface area contributed by atoms with Gasteiger partial charge in [0.2, 0.25) is 0 Å². The molecule has 2 aliphatic heterocycles. The van der Waals surface area contributed by atoms with Crippen molar-refractivity contribution in [3.63, 3.8) is 0 Å². The molecule has 0 bridgehead atoms. The SMILES string of the molecule is Fc1ccc(CNC2CCN(CCC3CCOCO3)CC2)cc1.O=C(O)C(O)C(O)C(=O)O. The number of aliphatic carboxylic acids is 2. The Morgan fingerprint density at radius 1 is 1.06 bits per heavy atom. The lowest BCUT2D eigenvalue weighted by Gasteiger charge is -2.33. The molecule has 5 N–H and O–H groups in total. The molecule has 186 valence electrons. The fraction of sp³-hybridized carbons (Fsp3) is 0.636. The Morgan fingerprint density at radius 2 is 1.67 bits per heavy atom. The van der Waals surface area contributed by atoms with Gasteiger partial charge in [0.15, 0.2) is 12.2 Å². The third kappa shape index (κ3) is 10.1. The van der Waals surface area contributed by atoms with Crippen LogP contribution < -0.4 is 5.32 Å². The molecule has 3 rings (SSSR count). The Labute approximate surface area is 191 Å². The summed E-state index contributed by atoms with van der Waals surface area (Å²) in [6, 6.07) is 7.32. The van der Waals surface area contributed by atoms with Gasteiger partial charge in [0, 0.05) is 19.1 Å². The Kier molecular flexibility index (Phi) is 11.6. The summed E-state index contributed by atoms with van der Waals surface area (Å²) in [4.78, 5) is 22.1. The van der Waals surface area contributed by atoms with Gasteiger partial charge < -0.3 is 40.1 Å². The Bertz CT molecular complexity index is 704. The highest BCUT2D eigenvalue weighted by molar-refractivity contribution is 5.83. The van der Waals surface area contributed by atoms with E-state index in [2.05, 4.69) is 10.2 Å². The normalized spacial score (nSPS) is 21.5. The summed E-state index contributed by atoms with van der Waals surface area (Å²) in [7, 11) is 0. The van der Waals surface area contributed by atoms with Crippen LogP contribution in [-0.2, 0) is 25.6 Å². The second kappa shape index (κ2) is 14.2. The average Bonchev–Trinajstić information content (AvgIpc) is 2.83. The maximum Gasteiger partial charge on any atom is 0.335 e. The van der Waals surface area contributed by atoms with Crippen LogP contribution in [0, 0.1) is 5.82 Å². The molecule has 3 unspecified atom stereocenters. The van der Waals surface area contributed by atoms with Gasteiger partial charge in [-0.2, -0.15) is 0 Å². The zero-order valence-electron chi connectivity index (χ0n) is 18.4. The van der Waals surface area contributed by atoms with E-state index >= 15 is 0 Å². The number of aliphatic hydroxyl groups excluding tert-OH is 2. The Balaban J connectivity index is 0.000000328. The molecule has 10 nitrogen and oxygen atoms in total. The van der Waals surface area contributed by atoms with Crippen LogP contribution in [0.1, 0.15) is 31.2 Å². The van der Waals surface area contributed by atoms with Crippen LogP contribution in [0.5, 0.6) is 0 Å². The van der Waals surface area contributed by atoms with E-state index in [0.29, 0.717) is 18.9 Å². The first-order chi connectivity index (χ1) is 15.8. The number of hydrogen-bond acceptors (Lipinski definition) is 8. The zero-order valence-corrected chi connectivity index (χ0v) is 18.4. The van der Waals surface area contributed by atoms with Gasteiger partial charge >= 0.3 is 11.9 Å². The van der Waals surface area contributed by atoms with Crippen LogP contribution in [0.4, 0.5) is 4.39 Å². The van der Waals surface area contributed by atoms with Crippen LogP contribution in [0.25, 0.3) is 0 Å². The number of carboxylic acid groups (broad SMARTS) is 2. The van der Waals surface area contributed by atoms with Crippen molar-refractivity contribution in [3.05, 3.63) is 35.6 Å². The lowest BCUT2D eigenvalue weighted by Crippen LogP contribution is -2.43. The van der Waals surface area contributed by atoms with E-state index in [4.69, 9.17) is 29.9 Å². The van der Waals surface area contributed by atoms with Crippen LogP contribution >= 0.6 is 0 Å². The first-order valence-electron chi connectivity index (χ1n) is 11.0. The summed E-state index contributed by atoms with van der Waals surface area (Å²) < 4.78 is 23.7. The van der Waals surface area contributed by atoms with Gasteiger partial charge in [-0.05, 0) is 56.5 Å². The number of halogens is 1. The molecular weight excluding hydrogens is 439 g/mol. The highest BCUT2D eigenvalue weighted by Crippen LogP contribution is 2.15. The average molecular weight is 473 g/mol. The van der Waals surface area contributed by atoms with E-state index in [1.165, 1.54) is 25.0 Å². The van der Waals surface area contributed by atoms with Crippen molar-refractivity contribution in [1.29, 1.82) is 0 Å². The minimum absolute atomic E-state index is 0.171. The number of benzene rings is 1. The molecule has 2 saturated heterocycles. The quantitative estimate of drug-likeness (QED) is 0.342. The number of nitrogens with one attached hydrogen (secondary N) is 1. The highest BCUT2D eigenvalue weighted by atomic mass is 19.1. The molecule has 0 saturated carbocycles. The Hall–Kier alpha value is -2.15. The molecule has 0 aromatic heterocycles. The molecule has 0 amide bonds. The number of carbonyl (C=O) groups is 2. The predicted molar refractivity (Wildman–Crippen MR) is 115 cm³/mol. The zero-order chi connectivity index (χ0) is 24.2. The third-order valence-corrected chi connectivity index (χ3v) is 5.64. The first-order valence-corrected chi connectivity index (χ1v) is 11.0. The van der Waals surface area contributed by atoms with Gasteiger partial charge in [0.1, 0.15) is 12.6 Å². The maximum atomic E-state index is 12.9. The number of hydrogen-bond donors (Lipinski definition) is 5. The van der Waals surface area contributed by atoms with Crippen LogP contribution in [-0.4, -0.2) is 94.7 Å². The number of piperidine rings is 1. The number of nitrogens with zero attached hydrogens (tertiary/aromatic N) is 1. The second-order valence-electron chi connectivity index (χ2n) is 8.08. The fourth-order valence-electron chi connectivity index (χ4n) is 3.55. The summed E-state index contributed by atoms with van der Waals surface area (Å²) in [5.41, 5.74) is 1.14. The van der Waals surface area contributed by atoms with Crippen LogP contribution in [0.15, 0.2) is 24.3 Å². The summed E-state index contributed by atoms with van der Waals surface area (Å²) in [5.74, 6) is -3.71. The molecule has 3 atom stereocenters. The topological polar surface area (TPSA) is 149 Å². The van der Waals surface area contributed by atoms with Crippen molar-refractivity contribution < 1.29 is 43.9 Å². The number of rotatable bonds is 9. The maximum absolute atomic E-state index is 12.9. The molecular formula is C22H33FN2O8. The van der Waals surface area contributed by atoms with E-state index in [0.717, 1.165) is 51.2 Å². The third-order valence-electron chi connectivity index (χ3n) is 5.64. The number of likely N-dealkylation sites (tertiary alicyclic amines) is 1. The minimum Gasteiger partial charge on any atom is -0.479 e. The van der Waals surface area contributed by atoms with Crippen molar-refractivity contribution in [3.8, 4) is 0 Å². The molecule has 2 heterocycles. The number of ether oxygens (including phenoxy) is 2. The summed E-state index contributed by atoms with van der Waals surface area (Å²) >= 11 is 0. The van der Waals surface area contributed by atoms with Crippen LogP contribution in [0.3, 0.4) is 0 Å². The van der Waals surface area contributed by atoms with E-state index in [-0.39, 0.29) is 5.82 Å². The minimum atomic E-state index is -2.27. The molecule has 0 radical (unpaired) electrons. The smallest absolute Gasteiger partial charge is 0.335 e. The highest BCUT2D eigenvalue weighted by Gasteiger charge is 2.29. The van der Waals surface area contributed by atoms with E-state index in [1.54, 1.807) is 0 Å². The molecule has 1 aromatic carbocycles. The summed E-state index contributed by atoms with van der Waals surface area (Å²) in [6.45, 7) is 5.52. The lowest BCUT2D eigenvalue weighted by molar-refractivity contribution is -0.165. The monoisotopic (exact) mass is 472 g/mol. The van der Waals surface area contributed by atoms with E-state index in [1.807, 2.05) is 12.1 Å². The van der Waals surface area contributed by atoms with Crippen molar-refractivity contribution >= 4 is 11.9 Å². The van der Waals surface area contributed by atoms with Crippen molar-refractivity contribution in [2.75, 3.05) is 33.0 Å². The Morgan fingerprint density at radius 3 is 2.18 bits per heavy atom. The van der Waals surface area contributed by atoms with Gasteiger partial charge in [0.25, 0.3) is 0 Å². The lowest BCUT2D eigenvalue weighted by atomic mass is 10.0. The molecule has 0 aliphatic carbocycles. The van der Waals surface area contributed by atoms with Gasteiger partial charge in [-0.15, -0.1) is 0 Å². The number of aliphatic hydroxyl groups is 2. The summed E-state index contributed by atoms with van der Waals surface area (Å²) in [6.07, 6.45) is 0.325. The summed E-state index contributed by atoms with van der Waals surface area (Å²) in [5, 5.41) is 36.1. The van der Waals surface area contributed by atoms with Crippen molar-refractivity contribution in [2.24, 2.45) is 0 Å². The standard InChI is InChI=1S/C18H27FN2O2.C4H6O6/c19-16-3-1-15(2-4-16)13-20-17-5-9-21(10-6-17)11-7-18-8-12-22-14-23-18;5-1(3(7)8)2(6)4(9)10/h1-4,17-18,20H,5-14H2;1-2,5-6H,(H,7,8)(H,9,10). The molecule has 0 spiro atoms.